The van der Waals surface area contributed by atoms with E-state index in [4.69, 9.17) is 4.42 Å². The molecule has 0 fully saturated rings. The summed E-state index contributed by atoms with van der Waals surface area (Å²) < 4.78 is 19.8. The average molecular weight is 415 g/mol. The maximum atomic E-state index is 14.0. The summed E-state index contributed by atoms with van der Waals surface area (Å²) in [7, 11) is 4.20. The summed E-state index contributed by atoms with van der Waals surface area (Å²) >= 11 is 0. The summed E-state index contributed by atoms with van der Waals surface area (Å²) in [6.07, 6.45) is 4.25. The van der Waals surface area contributed by atoms with Gasteiger partial charge in [-0.1, -0.05) is 37.6 Å². The number of nitrogens with zero attached hydrogens (tertiary/aromatic N) is 3. The van der Waals surface area contributed by atoms with Gasteiger partial charge in [0.2, 0.25) is 5.89 Å². The standard InChI is InChI=1S/C24H35FN4O/c1-16(2)21-13-18(17(3)12-19(21)15-26-10-11-29(4)5)14-23-27-28-24(30-23)20-8-6-7-9-22(20)25/h6-9,12,16,18-19,21,26H,10-11,13-15H2,1-5H3/t18-,19-,21-/m0/s1. The Morgan fingerprint density at radius 1 is 1.23 bits per heavy atom. The molecule has 1 aromatic carbocycles. The molecule has 0 aliphatic heterocycles. The Labute approximate surface area is 179 Å². The Balaban J connectivity index is 1.67. The lowest BCUT2D eigenvalue weighted by Gasteiger charge is -2.37. The van der Waals surface area contributed by atoms with Crippen molar-refractivity contribution in [3.8, 4) is 11.5 Å². The Morgan fingerprint density at radius 3 is 2.70 bits per heavy atom. The van der Waals surface area contributed by atoms with Gasteiger partial charge in [0.1, 0.15) is 5.82 Å². The van der Waals surface area contributed by atoms with E-state index in [0.29, 0.717) is 41.5 Å². The van der Waals surface area contributed by atoms with Crippen LogP contribution in [0, 0.1) is 29.5 Å². The Kier molecular flexibility index (Phi) is 7.78. The summed E-state index contributed by atoms with van der Waals surface area (Å²) in [6, 6.07) is 6.51. The minimum absolute atomic E-state index is 0.254. The van der Waals surface area contributed by atoms with E-state index in [1.165, 1.54) is 11.6 Å². The molecule has 5 nitrogen and oxygen atoms in total. The normalized spacial score (nSPS) is 22.0. The molecule has 0 amide bonds. The number of rotatable bonds is 9. The first kappa shape index (κ1) is 22.6. The highest BCUT2D eigenvalue weighted by Gasteiger charge is 2.32. The van der Waals surface area contributed by atoms with E-state index < -0.39 is 0 Å². The van der Waals surface area contributed by atoms with Crippen molar-refractivity contribution in [1.29, 1.82) is 0 Å². The zero-order valence-corrected chi connectivity index (χ0v) is 18.9. The predicted molar refractivity (Wildman–Crippen MR) is 119 cm³/mol. The van der Waals surface area contributed by atoms with Gasteiger partial charge in [0.05, 0.1) is 5.56 Å². The van der Waals surface area contributed by atoms with Crippen LogP contribution in [0.2, 0.25) is 0 Å². The first-order chi connectivity index (χ1) is 14.3. The maximum Gasteiger partial charge on any atom is 0.250 e. The van der Waals surface area contributed by atoms with Gasteiger partial charge in [-0.3, -0.25) is 0 Å². The molecule has 1 aliphatic rings. The quantitative estimate of drug-likeness (QED) is 0.486. The van der Waals surface area contributed by atoms with Gasteiger partial charge in [0, 0.05) is 26.1 Å². The second-order valence-corrected chi connectivity index (χ2v) is 9.11. The third-order valence-electron chi connectivity index (χ3n) is 6.19. The zero-order valence-electron chi connectivity index (χ0n) is 18.9. The predicted octanol–water partition coefficient (Wildman–Crippen LogP) is 4.42. The lowest BCUT2D eigenvalue weighted by molar-refractivity contribution is 0.217. The van der Waals surface area contributed by atoms with Gasteiger partial charge in [0.25, 0.3) is 5.89 Å². The van der Waals surface area contributed by atoms with Gasteiger partial charge in [-0.25, -0.2) is 4.39 Å². The number of nitrogens with one attached hydrogen (secondary N) is 1. The first-order valence-electron chi connectivity index (χ1n) is 11.0. The van der Waals surface area contributed by atoms with E-state index in [1.807, 2.05) is 0 Å². The van der Waals surface area contributed by atoms with Crippen molar-refractivity contribution < 1.29 is 8.81 Å². The summed E-state index contributed by atoms with van der Waals surface area (Å²) in [5.74, 6) is 2.63. The third kappa shape index (κ3) is 5.76. The van der Waals surface area contributed by atoms with Crippen molar-refractivity contribution in [3.05, 3.63) is 47.6 Å². The molecular formula is C24H35FN4O. The van der Waals surface area contributed by atoms with E-state index in [0.717, 1.165) is 26.1 Å². The molecule has 3 rings (SSSR count). The highest BCUT2D eigenvalue weighted by atomic mass is 19.1. The van der Waals surface area contributed by atoms with Gasteiger partial charge in [-0.15, -0.1) is 10.2 Å². The minimum atomic E-state index is -0.342. The van der Waals surface area contributed by atoms with Gasteiger partial charge in [0.15, 0.2) is 0 Å². The Hall–Kier alpha value is -2.05. The van der Waals surface area contributed by atoms with Crippen molar-refractivity contribution in [2.75, 3.05) is 33.7 Å². The van der Waals surface area contributed by atoms with Crippen LogP contribution in [0.5, 0.6) is 0 Å². The molecule has 0 saturated heterocycles. The van der Waals surface area contributed by atoms with Gasteiger partial charge >= 0.3 is 0 Å². The monoisotopic (exact) mass is 414 g/mol. The van der Waals surface area contributed by atoms with Crippen molar-refractivity contribution in [2.24, 2.45) is 23.7 Å². The van der Waals surface area contributed by atoms with Crippen molar-refractivity contribution in [1.82, 2.24) is 20.4 Å². The van der Waals surface area contributed by atoms with E-state index in [9.17, 15) is 4.39 Å². The summed E-state index contributed by atoms with van der Waals surface area (Å²) in [5, 5.41) is 11.9. The number of likely N-dealkylation sites (N-methyl/N-ethyl adjacent to an activating group) is 1. The van der Waals surface area contributed by atoms with Crippen molar-refractivity contribution >= 4 is 0 Å². The van der Waals surface area contributed by atoms with Crippen LogP contribution in [-0.2, 0) is 6.42 Å². The topological polar surface area (TPSA) is 54.2 Å². The molecular weight excluding hydrogens is 379 g/mol. The van der Waals surface area contributed by atoms with Gasteiger partial charge < -0.3 is 14.6 Å². The Bertz CT molecular complexity index is 845. The number of halogens is 1. The van der Waals surface area contributed by atoms with Crippen LogP contribution >= 0.6 is 0 Å². The lowest BCUT2D eigenvalue weighted by atomic mass is 9.70. The highest BCUT2D eigenvalue weighted by molar-refractivity contribution is 5.53. The molecule has 6 heteroatoms. The lowest BCUT2D eigenvalue weighted by Crippen LogP contribution is -2.37. The maximum absolute atomic E-state index is 14.0. The minimum Gasteiger partial charge on any atom is -0.421 e. The van der Waals surface area contributed by atoms with Crippen LogP contribution in [0.15, 0.2) is 40.3 Å². The van der Waals surface area contributed by atoms with Crippen LogP contribution in [-0.4, -0.2) is 48.8 Å². The van der Waals surface area contributed by atoms with Crippen molar-refractivity contribution in [3.63, 3.8) is 0 Å². The molecule has 1 N–H and O–H groups in total. The molecule has 1 aromatic heterocycles. The molecule has 0 bridgehead atoms. The SMILES string of the molecule is CC1=C[C@@H](CNCCN(C)C)[C@H](C(C)C)C[C@H]1Cc1nnc(-c2ccccc2F)o1. The van der Waals surface area contributed by atoms with Crippen molar-refractivity contribution in [2.45, 2.75) is 33.6 Å². The zero-order chi connectivity index (χ0) is 21.7. The second kappa shape index (κ2) is 10.3. The largest absolute Gasteiger partial charge is 0.421 e. The molecule has 0 unspecified atom stereocenters. The molecule has 3 atom stereocenters. The summed E-state index contributed by atoms with van der Waals surface area (Å²) in [4.78, 5) is 2.20. The number of allylic oxidation sites excluding steroid dienone is 1. The fraction of sp³-hybridized carbons (Fsp3) is 0.583. The molecule has 0 saturated carbocycles. The van der Waals surface area contributed by atoms with Crippen LogP contribution in [0.25, 0.3) is 11.5 Å². The molecule has 30 heavy (non-hydrogen) atoms. The highest BCUT2D eigenvalue weighted by Crippen LogP contribution is 2.38. The number of benzene rings is 1. The number of hydrogen-bond acceptors (Lipinski definition) is 5. The summed E-state index contributed by atoms with van der Waals surface area (Å²) in [5.41, 5.74) is 1.74. The number of hydrogen-bond donors (Lipinski definition) is 1. The van der Waals surface area contributed by atoms with E-state index in [-0.39, 0.29) is 11.7 Å². The van der Waals surface area contributed by atoms with E-state index in [1.54, 1.807) is 18.2 Å². The fourth-order valence-corrected chi connectivity index (χ4v) is 4.37. The smallest absolute Gasteiger partial charge is 0.250 e. The number of aromatic nitrogens is 2. The molecule has 1 aliphatic carbocycles. The first-order valence-corrected chi connectivity index (χ1v) is 11.0. The molecule has 0 radical (unpaired) electrons. The van der Waals surface area contributed by atoms with Crippen LogP contribution in [0.1, 0.15) is 33.1 Å². The summed E-state index contributed by atoms with van der Waals surface area (Å²) in [6.45, 7) is 9.90. The molecule has 164 valence electrons. The van der Waals surface area contributed by atoms with E-state index in [2.05, 4.69) is 61.4 Å². The molecule has 2 aromatic rings. The van der Waals surface area contributed by atoms with Crippen LogP contribution in [0.4, 0.5) is 4.39 Å². The van der Waals surface area contributed by atoms with Gasteiger partial charge in [-0.2, -0.15) is 0 Å². The molecule has 1 heterocycles. The van der Waals surface area contributed by atoms with E-state index >= 15 is 0 Å². The third-order valence-corrected chi connectivity index (χ3v) is 6.19. The Morgan fingerprint density at radius 2 is 2.00 bits per heavy atom. The van der Waals surface area contributed by atoms with Gasteiger partial charge in [-0.05, 0) is 63.2 Å². The second-order valence-electron chi connectivity index (χ2n) is 9.11. The van der Waals surface area contributed by atoms with Crippen LogP contribution < -0.4 is 5.32 Å². The molecule has 0 spiro atoms. The van der Waals surface area contributed by atoms with Crippen LogP contribution in [0.3, 0.4) is 0 Å². The average Bonchev–Trinajstić information content (AvgIpc) is 3.15. The fourth-order valence-electron chi connectivity index (χ4n) is 4.37.